The Bertz CT molecular complexity index is 967. The highest BCUT2D eigenvalue weighted by molar-refractivity contribution is 9.10. The molecule has 2 aromatic carbocycles. The SMILES string of the molecule is O=S(=O)(OS1(C=C(c2ccccc2)c2cccc(Br)c2)CCCC1)C(F)(F)F. The van der Waals surface area contributed by atoms with Gasteiger partial charge in [-0.15, -0.1) is 0 Å². The van der Waals surface area contributed by atoms with Crippen molar-refractivity contribution < 1.29 is 25.2 Å². The van der Waals surface area contributed by atoms with E-state index in [-0.39, 0.29) is 11.5 Å². The molecule has 0 aromatic heterocycles. The zero-order chi connectivity index (χ0) is 20.4. The van der Waals surface area contributed by atoms with Crippen molar-refractivity contribution in [1.82, 2.24) is 0 Å². The number of alkyl halides is 3. The van der Waals surface area contributed by atoms with Crippen LogP contribution in [0.3, 0.4) is 0 Å². The fourth-order valence-electron chi connectivity index (χ4n) is 3.01. The molecule has 152 valence electrons. The van der Waals surface area contributed by atoms with Gasteiger partial charge < -0.3 is 0 Å². The van der Waals surface area contributed by atoms with E-state index in [2.05, 4.69) is 15.9 Å². The van der Waals surface area contributed by atoms with Gasteiger partial charge >= 0.3 is 15.6 Å². The van der Waals surface area contributed by atoms with E-state index in [9.17, 15) is 21.6 Å². The van der Waals surface area contributed by atoms with Crippen LogP contribution in [-0.4, -0.2) is 25.4 Å². The largest absolute Gasteiger partial charge is 0.523 e. The van der Waals surface area contributed by atoms with Crippen molar-refractivity contribution in [2.75, 3.05) is 11.5 Å². The van der Waals surface area contributed by atoms with Crippen molar-refractivity contribution in [1.29, 1.82) is 0 Å². The number of benzene rings is 2. The Morgan fingerprint density at radius 2 is 1.61 bits per heavy atom. The summed E-state index contributed by atoms with van der Waals surface area (Å²) in [5, 5.41) is 1.63. The second-order valence-electron chi connectivity index (χ2n) is 6.36. The minimum Gasteiger partial charge on any atom is -0.209 e. The highest BCUT2D eigenvalue weighted by atomic mass is 79.9. The molecule has 28 heavy (non-hydrogen) atoms. The Kier molecular flexibility index (Phi) is 6.29. The van der Waals surface area contributed by atoms with Gasteiger partial charge in [0.2, 0.25) is 0 Å². The summed E-state index contributed by atoms with van der Waals surface area (Å²) < 4.78 is 68.1. The third-order valence-corrected chi connectivity index (χ3v) is 9.78. The van der Waals surface area contributed by atoms with Crippen LogP contribution in [0.1, 0.15) is 24.0 Å². The van der Waals surface area contributed by atoms with E-state index in [1.807, 2.05) is 54.6 Å². The standard InChI is InChI=1S/C19H18BrF3O3S2/c20-17-10-6-9-16(13-17)18(15-7-2-1-3-8-15)14-27(11-4-5-12-27)26-28(24,25)19(21,22)23/h1-3,6-10,13-14H,4-5,11-12H2. The fraction of sp³-hybridized carbons (Fsp3) is 0.263. The van der Waals surface area contributed by atoms with Crippen molar-refractivity contribution >= 4 is 41.9 Å². The number of hydrogen-bond donors (Lipinski definition) is 0. The van der Waals surface area contributed by atoms with Gasteiger partial charge in [-0.05, 0) is 47.1 Å². The second kappa shape index (κ2) is 8.22. The van der Waals surface area contributed by atoms with Crippen LogP contribution in [0.15, 0.2) is 64.5 Å². The maximum atomic E-state index is 13.0. The Morgan fingerprint density at radius 3 is 2.18 bits per heavy atom. The highest BCUT2D eigenvalue weighted by Gasteiger charge is 2.51. The first kappa shape index (κ1) is 21.4. The number of halogens is 4. The summed E-state index contributed by atoms with van der Waals surface area (Å²) in [4.78, 5) is 0. The second-order valence-corrected chi connectivity index (χ2v) is 12.0. The fourth-order valence-corrected chi connectivity index (χ4v) is 8.37. The van der Waals surface area contributed by atoms with E-state index in [0.29, 0.717) is 18.4 Å². The molecular formula is C19H18BrF3O3S2. The molecule has 1 saturated heterocycles. The number of hydrogen-bond acceptors (Lipinski definition) is 3. The van der Waals surface area contributed by atoms with Gasteiger partial charge in [-0.2, -0.15) is 21.6 Å². The monoisotopic (exact) mass is 494 g/mol. The predicted octanol–water partition coefficient (Wildman–Crippen LogP) is 6.22. The molecule has 1 aliphatic heterocycles. The highest BCUT2D eigenvalue weighted by Crippen LogP contribution is 2.60. The molecule has 2 aromatic rings. The Labute approximate surface area is 172 Å². The summed E-state index contributed by atoms with van der Waals surface area (Å²) >= 11 is 3.41. The van der Waals surface area contributed by atoms with E-state index in [4.69, 9.17) is 3.63 Å². The van der Waals surface area contributed by atoms with Crippen LogP contribution >= 0.6 is 26.2 Å². The molecule has 1 fully saturated rings. The number of rotatable bonds is 5. The van der Waals surface area contributed by atoms with Gasteiger partial charge in [-0.25, -0.2) is 3.63 Å². The first-order valence-corrected chi connectivity index (χ1v) is 12.6. The maximum absolute atomic E-state index is 13.0. The maximum Gasteiger partial charge on any atom is 0.523 e. The Balaban J connectivity index is 2.14. The molecule has 1 aliphatic rings. The Hall–Kier alpha value is -1.29. The lowest BCUT2D eigenvalue weighted by molar-refractivity contribution is -0.0495. The molecule has 0 N–H and O–H groups in total. The zero-order valence-corrected chi connectivity index (χ0v) is 17.9. The molecule has 0 radical (unpaired) electrons. The third-order valence-electron chi connectivity index (χ3n) is 4.29. The summed E-state index contributed by atoms with van der Waals surface area (Å²) in [5.74, 6) is 0.569. The molecule has 0 spiro atoms. The van der Waals surface area contributed by atoms with Crippen molar-refractivity contribution in [2.45, 2.75) is 18.3 Å². The van der Waals surface area contributed by atoms with Gasteiger partial charge in [0, 0.05) is 16.0 Å². The summed E-state index contributed by atoms with van der Waals surface area (Å²) in [7, 11) is -8.27. The molecule has 0 atom stereocenters. The van der Waals surface area contributed by atoms with Crippen LogP contribution in [0.25, 0.3) is 5.57 Å². The molecule has 3 nitrogen and oxygen atoms in total. The Morgan fingerprint density at radius 1 is 1.00 bits per heavy atom. The van der Waals surface area contributed by atoms with E-state index in [0.717, 1.165) is 15.6 Å². The van der Waals surface area contributed by atoms with Gasteiger partial charge in [0.15, 0.2) is 0 Å². The van der Waals surface area contributed by atoms with Crippen molar-refractivity contribution in [2.24, 2.45) is 0 Å². The lowest BCUT2D eigenvalue weighted by Gasteiger charge is -2.32. The van der Waals surface area contributed by atoms with Gasteiger partial charge in [0.1, 0.15) is 0 Å². The molecule has 3 rings (SSSR count). The average molecular weight is 495 g/mol. The quantitative estimate of drug-likeness (QED) is 0.463. The van der Waals surface area contributed by atoms with Crippen LogP contribution in [0, 0.1) is 0 Å². The van der Waals surface area contributed by atoms with E-state index < -0.39 is 25.9 Å². The van der Waals surface area contributed by atoms with Crippen LogP contribution in [-0.2, 0) is 13.7 Å². The average Bonchev–Trinajstić information content (AvgIpc) is 3.07. The minimum atomic E-state index is -5.67. The van der Waals surface area contributed by atoms with E-state index in [1.54, 1.807) is 5.41 Å². The van der Waals surface area contributed by atoms with Crippen LogP contribution in [0.5, 0.6) is 0 Å². The molecule has 0 saturated carbocycles. The topological polar surface area (TPSA) is 43.4 Å². The van der Waals surface area contributed by atoms with Crippen LogP contribution in [0.2, 0.25) is 0 Å². The molecule has 9 heteroatoms. The summed E-state index contributed by atoms with van der Waals surface area (Å²) in [6.07, 6.45) is 1.25. The van der Waals surface area contributed by atoms with Crippen LogP contribution in [0.4, 0.5) is 13.2 Å². The van der Waals surface area contributed by atoms with E-state index in [1.165, 1.54) is 0 Å². The smallest absolute Gasteiger partial charge is 0.209 e. The van der Waals surface area contributed by atoms with Crippen molar-refractivity contribution in [3.05, 3.63) is 75.6 Å². The summed E-state index contributed by atoms with van der Waals surface area (Å²) in [5.41, 5.74) is -3.22. The van der Waals surface area contributed by atoms with Gasteiger partial charge in [-0.3, -0.25) is 0 Å². The lowest BCUT2D eigenvalue weighted by Crippen LogP contribution is -2.27. The predicted molar refractivity (Wildman–Crippen MR) is 110 cm³/mol. The lowest BCUT2D eigenvalue weighted by atomic mass is 10.00. The van der Waals surface area contributed by atoms with Crippen molar-refractivity contribution in [3.8, 4) is 0 Å². The molecule has 0 aliphatic carbocycles. The van der Waals surface area contributed by atoms with Crippen molar-refractivity contribution in [3.63, 3.8) is 0 Å². The van der Waals surface area contributed by atoms with Gasteiger partial charge in [0.05, 0.1) is 0 Å². The van der Waals surface area contributed by atoms with Crippen LogP contribution < -0.4 is 0 Å². The first-order valence-electron chi connectivity index (χ1n) is 8.46. The van der Waals surface area contributed by atoms with Gasteiger partial charge in [0.25, 0.3) is 0 Å². The normalized spacial score (nSPS) is 18.8. The third kappa shape index (κ3) is 4.82. The summed E-state index contributed by atoms with van der Waals surface area (Å²) in [6, 6.07) is 16.5. The molecule has 0 amide bonds. The molecular weight excluding hydrogens is 477 g/mol. The van der Waals surface area contributed by atoms with Gasteiger partial charge in [-0.1, -0.05) is 68.7 Å². The molecule has 0 bridgehead atoms. The zero-order valence-electron chi connectivity index (χ0n) is 14.7. The summed E-state index contributed by atoms with van der Waals surface area (Å²) in [6.45, 7) is 0. The molecule has 0 unspecified atom stereocenters. The molecule has 1 heterocycles. The first-order chi connectivity index (χ1) is 13.1. The van der Waals surface area contributed by atoms with E-state index >= 15 is 0 Å². The minimum absolute atomic E-state index is 0.284.